The number of carboxylic acid groups (broad SMARTS) is 1. The van der Waals surface area contributed by atoms with Crippen molar-refractivity contribution in [2.75, 3.05) is 0 Å². The Bertz CT molecular complexity index is 408. The molecule has 0 aliphatic heterocycles. The highest BCUT2D eigenvalue weighted by atomic mass is 16.4. The monoisotopic (exact) mass is 205 g/mol. The topological polar surface area (TPSA) is 66.4 Å². The fourth-order valence-corrected chi connectivity index (χ4v) is 1.17. The Morgan fingerprint density at radius 2 is 2.33 bits per heavy atom. The molecule has 1 amide bonds. The molecule has 0 radical (unpaired) electrons. The molecule has 0 fully saturated rings. The third kappa shape index (κ3) is 3.69. The van der Waals surface area contributed by atoms with Crippen molar-refractivity contribution < 1.29 is 14.7 Å². The van der Waals surface area contributed by atoms with Gasteiger partial charge in [-0.3, -0.25) is 4.79 Å². The van der Waals surface area contributed by atoms with Crippen LogP contribution in [0.25, 0.3) is 0 Å². The van der Waals surface area contributed by atoms with Crippen molar-refractivity contribution in [2.45, 2.75) is 19.4 Å². The average molecular weight is 205 g/mol. The lowest BCUT2D eigenvalue weighted by Crippen LogP contribution is -2.39. The van der Waals surface area contributed by atoms with E-state index in [4.69, 9.17) is 5.11 Å². The number of nitrogens with one attached hydrogen (secondary N) is 1. The molecule has 1 rings (SSSR count). The van der Waals surface area contributed by atoms with E-state index in [2.05, 4.69) is 16.8 Å². The summed E-state index contributed by atoms with van der Waals surface area (Å²) in [7, 11) is 0. The normalized spacial score (nSPS) is 14.6. The van der Waals surface area contributed by atoms with Gasteiger partial charge in [0.15, 0.2) is 0 Å². The standard InChI is InChI=1S/C11H11NO3/c1-8(13)12-10(11(14)15)7-9-5-3-2-4-6-9/h2-3,5,10H,7H2,1H3,(H,12,13)(H,14,15)/t10-/m0/s1. The van der Waals surface area contributed by atoms with Gasteiger partial charge < -0.3 is 10.4 Å². The summed E-state index contributed by atoms with van der Waals surface area (Å²) < 4.78 is 0. The minimum absolute atomic E-state index is 0.215. The van der Waals surface area contributed by atoms with Gasteiger partial charge in [-0.25, -0.2) is 4.79 Å². The van der Waals surface area contributed by atoms with E-state index >= 15 is 0 Å². The van der Waals surface area contributed by atoms with Crippen LogP contribution in [0.4, 0.5) is 0 Å². The highest BCUT2D eigenvalue weighted by Gasteiger charge is 2.19. The molecule has 1 aliphatic rings. The van der Waals surface area contributed by atoms with E-state index in [1.54, 1.807) is 18.2 Å². The number of hydrogen-bond donors (Lipinski definition) is 2. The third-order valence-electron chi connectivity index (χ3n) is 1.81. The van der Waals surface area contributed by atoms with Crippen LogP contribution in [-0.4, -0.2) is 23.0 Å². The summed E-state index contributed by atoms with van der Waals surface area (Å²) in [5.74, 6) is -1.41. The number of rotatable bonds is 4. The van der Waals surface area contributed by atoms with Crippen LogP contribution in [0.3, 0.4) is 0 Å². The number of amides is 1. The van der Waals surface area contributed by atoms with E-state index in [1.807, 2.05) is 0 Å². The molecule has 78 valence electrons. The Labute approximate surface area is 87.3 Å². The van der Waals surface area contributed by atoms with Gasteiger partial charge in [0, 0.05) is 18.9 Å². The molecule has 0 aromatic carbocycles. The van der Waals surface area contributed by atoms with E-state index in [-0.39, 0.29) is 12.3 Å². The van der Waals surface area contributed by atoms with Gasteiger partial charge in [0.05, 0.1) is 0 Å². The number of allylic oxidation sites excluding steroid dienone is 3. The molecule has 0 saturated carbocycles. The van der Waals surface area contributed by atoms with Crippen molar-refractivity contribution in [3.63, 3.8) is 0 Å². The van der Waals surface area contributed by atoms with E-state index in [9.17, 15) is 9.59 Å². The highest BCUT2D eigenvalue weighted by molar-refractivity contribution is 5.82. The van der Waals surface area contributed by atoms with Crippen molar-refractivity contribution in [3.05, 3.63) is 35.3 Å². The van der Waals surface area contributed by atoms with Gasteiger partial charge >= 0.3 is 5.97 Å². The van der Waals surface area contributed by atoms with Crippen molar-refractivity contribution in [2.24, 2.45) is 0 Å². The summed E-state index contributed by atoms with van der Waals surface area (Å²) in [6, 6.07) is -0.908. The first-order valence-electron chi connectivity index (χ1n) is 4.47. The Morgan fingerprint density at radius 1 is 1.60 bits per heavy atom. The largest absolute Gasteiger partial charge is 0.480 e. The van der Waals surface area contributed by atoms with E-state index < -0.39 is 12.0 Å². The lowest BCUT2D eigenvalue weighted by Gasteiger charge is -2.12. The Morgan fingerprint density at radius 3 is 2.80 bits per heavy atom. The molecule has 0 aromatic rings. The molecule has 4 nitrogen and oxygen atoms in total. The zero-order valence-electron chi connectivity index (χ0n) is 8.28. The second kappa shape index (κ2) is 5.01. The van der Waals surface area contributed by atoms with Crippen molar-refractivity contribution in [3.8, 4) is 0 Å². The first kappa shape index (κ1) is 11.1. The van der Waals surface area contributed by atoms with Crippen LogP contribution < -0.4 is 5.32 Å². The average Bonchev–Trinajstić information content (AvgIpc) is 2.17. The molecular weight excluding hydrogens is 194 g/mol. The summed E-state index contributed by atoms with van der Waals surface area (Å²) in [5.41, 5.74) is 6.22. The fourth-order valence-electron chi connectivity index (χ4n) is 1.17. The molecular formula is C11H11NO3. The van der Waals surface area contributed by atoms with Gasteiger partial charge in [0.1, 0.15) is 6.04 Å². The van der Waals surface area contributed by atoms with Crippen LogP contribution >= 0.6 is 0 Å². The quantitative estimate of drug-likeness (QED) is 0.666. The Balaban J connectivity index is 2.71. The zero-order valence-corrected chi connectivity index (χ0v) is 8.28. The van der Waals surface area contributed by atoms with E-state index in [1.165, 1.54) is 6.92 Å². The lowest BCUT2D eigenvalue weighted by molar-refractivity contribution is -0.141. The smallest absolute Gasteiger partial charge is 0.326 e. The van der Waals surface area contributed by atoms with Crippen LogP contribution in [0.15, 0.2) is 35.3 Å². The fraction of sp³-hybridized carbons (Fsp3) is 0.273. The van der Waals surface area contributed by atoms with Gasteiger partial charge in [-0.2, -0.15) is 0 Å². The maximum absolute atomic E-state index is 10.8. The molecule has 0 saturated heterocycles. The van der Waals surface area contributed by atoms with Crippen LogP contribution in [0, 0.1) is 0 Å². The summed E-state index contributed by atoms with van der Waals surface area (Å²) in [4.78, 5) is 21.6. The summed E-state index contributed by atoms with van der Waals surface area (Å²) in [6.07, 6.45) is 5.39. The second-order valence-electron chi connectivity index (χ2n) is 3.12. The Hall–Kier alpha value is -2.02. The second-order valence-corrected chi connectivity index (χ2v) is 3.12. The summed E-state index contributed by atoms with van der Waals surface area (Å²) in [5, 5.41) is 11.2. The third-order valence-corrected chi connectivity index (χ3v) is 1.81. The summed E-state index contributed by atoms with van der Waals surface area (Å²) in [6.45, 7) is 1.29. The first-order chi connectivity index (χ1) is 7.09. The Kier molecular flexibility index (Phi) is 3.69. The molecule has 2 N–H and O–H groups in total. The predicted molar refractivity (Wildman–Crippen MR) is 54.1 cm³/mol. The number of carbonyl (C=O) groups is 2. The van der Waals surface area contributed by atoms with Crippen molar-refractivity contribution in [1.29, 1.82) is 0 Å². The molecule has 0 bridgehead atoms. The molecule has 0 unspecified atom stereocenters. The first-order valence-corrected chi connectivity index (χ1v) is 4.47. The number of hydrogen-bond acceptors (Lipinski definition) is 2. The summed E-state index contributed by atoms with van der Waals surface area (Å²) >= 11 is 0. The van der Waals surface area contributed by atoms with Crippen molar-refractivity contribution in [1.82, 2.24) is 5.32 Å². The van der Waals surface area contributed by atoms with Gasteiger partial charge in [0.25, 0.3) is 0 Å². The van der Waals surface area contributed by atoms with Crippen LogP contribution in [-0.2, 0) is 9.59 Å². The van der Waals surface area contributed by atoms with Gasteiger partial charge in [0.2, 0.25) is 5.91 Å². The molecule has 0 heterocycles. The molecule has 0 aromatic heterocycles. The van der Waals surface area contributed by atoms with Gasteiger partial charge in [-0.05, 0) is 12.2 Å². The molecule has 4 heteroatoms. The van der Waals surface area contributed by atoms with E-state index in [0.29, 0.717) is 5.57 Å². The minimum atomic E-state index is -1.05. The maximum atomic E-state index is 10.8. The minimum Gasteiger partial charge on any atom is -0.480 e. The SMILES string of the molecule is CC(=O)N[C@@H](CC1=C=C=CC=C1)C(=O)O. The number of carbonyl (C=O) groups excluding carboxylic acids is 1. The molecule has 1 atom stereocenters. The van der Waals surface area contributed by atoms with Gasteiger partial charge in [-0.1, -0.05) is 17.5 Å². The number of carboxylic acids is 1. The predicted octanol–water partition coefficient (Wildman–Crippen LogP) is 0.772. The van der Waals surface area contributed by atoms with Crippen LogP contribution in [0.5, 0.6) is 0 Å². The molecule has 15 heavy (non-hydrogen) atoms. The van der Waals surface area contributed by atoms with Crippen LogP contribution in [0.1, 0.15) is 13.3 Å². The number of aliphatic carboxylic acids is 1. The lowest BCUT2D eigenvalue weighted by atomic mass is 10.1. The van der Waals surface area contributed by atoms with E-state index in [0.717, 1.165) is 0 Å². The molecule has 0 spiro atoms. The van der Waals surface area contributed by atoms with Gasteiger partial charge in [-0.15, -0.1) is 0 Å². The molecule has 1 aliphatic carbocycles. The highest BCUT2D eigenvalue weighted by Crippen LogP contribution is 2.08. The van der Waals surface area contributed by atoms with Crippen LogP contribution in [0.2, 0.25) is 0 Å². The zero-order chi connectivity index (χ0) is 11.3. The van der Waals surface area contributed by atoms with Crippen molar-refractivity contribution >= 4 is 11.9 Å². The maximum Gasteiger partial charge on any atom is 0.326 e.